The molecule has 0 heterocycles. The number of nitrogens with one attached hydrogen (secondary N) is 1. The zero-order chi connectivity index (χ0) is 26.5. The van der Waals surface area contributed by atoms with Crippen molar-refractivity contribution in [3.8, 4) is 23.0 Å². The van der Waals surface area contributed by atoms with E-state index in [4.69, 9.17) is 18.9 Å². The first-order chi connectivity index (χ1) is 17.1. The molecule has 0 aliphatic carbocycles. The summed E-state index contributed by atoms with van der Waals surface area (Å²) in [5.74, 6) is 0.0424. The number of ether oxygens (including phenoxy) is 4. The minimum atomic E-state index is -4.35. The van der Waals surface area contributed by atoms with Crippen molar-refractivity contribution in [2.75, 3.05) is 33.2 Å². The molecule has 0 saturated heterocycles. The highest BCUT2D eigenvalue weighted by molar-refractivity contribution is 7.92. The van der Waals surface area contributed by atoms with E-state index in [1.165, 1.54) is 52.7 Å². The van der Waals surface area contributed by atoms with Crippen LogP contribution in [0.2, 0.25) is 0 Å². The fourth-order valence-corrected chi connectivity index (χ4v) is 4.49. The number of nitro benzene ring substituents is 1. The van der Waals surface area contributed by atoms with Crippen LogP contribution in [0.25, 0.3) is 12.2 Å². The second kappa shape index (κ2) is 11.0. The monoisotopic (exact) mass is 518 g/mol. The minimum Gasteiger partial charge on any atom is -0.493 e. The van der Waals surface area contributed by atoms with E-state index in [1.807, 2.05) is 0 Å². The van der Waals surface area contributed by atoms with Gasteiger partial charge in [0.1, 0.15) is 5.69 Å². The van der Waals surface area contributed by atoms with E-state index in [1.54, 1.807) is 18.2 Å². The Bertz CT molecular complexity index is 1400. The lowest BCUT2D eigenvalue weighted by molar-refractivity contribution is -0.385. The molecule has 3 aromatic rings. The summed E-state index contributed by atoms with van der Waals surface area (Å²) >= 11 is 0. The number of nitro groups is 1. The summed E-state index contributed by atoms with van der Waals surface area (Å²) in [4.78, 5) is 9.99. The van der Waals surface area contributed by atoms with Crippen molar-refractivity contribution in [3.63, 3.8) is 0 Å². The van der Waals surface area contributed by atoms with Crippen molar-refractivity contribution >= 4 is 33.6 Å². The third kappa shape index (κ3) is 5.49. The maximum atomic E-state index is 14.5. The Hall–Kier alpha value is -4.32. The van der Waals surface area contributed by atoms with Crippen LogP contribution in [0.3, 0.4) is 0 Å². The number of methoxy groups -OCH3 is 4. The van der Waals surface area contributed by atoms with Crippen molar-refractivity contribution in [2.45, 2.75) is 4.90 Å². The lowest BCUT2D eigenvalue weighted by atomic mass is 10.1. The fraction of sp³-hybridized carbons (Fsp3) is 0.167. The van der Waals surface area contributed by atoms with E-state index in [2.05, 4.69) is 4.72 Å². The third-order valence-corrected chi connectivity index (χ3v) is 6.41. The van der Waals surface area contributed by atoms with Crippen molar-refractivity contribution in [2.24, 2.45) is 0 Å². The second-order valence-electron chi connectivity index (χ2n) is 7.20. The smallest absolute Gasteiger partial charge is 0.270 e. The molecule has 0 aliphatic rings. The largest absolute Gasteiger partial charge is 0.493 e. The van der Waals surface area contributed by atoms with E-state index in [-0.39, 0.29) is 21.9 Å². The van der Waals surface area contributed by atoms with Crippen LogP contribution < -0.4 is 23.7 Å². The van der Waals surface area contributed by atoms with Crippen LogP contribution in [0.5, 0.6) is 23.0 Å². The molecular formula is C24H23FN2O8S. The van der Waals surface area contributed by atoms with Crippen molar-refractivity contribution in [1.82, 2.24) is 0 Å². The van der Waals surface area contributed by atoms with Gasteiger partial charge in [-0.25, -0.2) is 12.8 Å². The van der Waals surface area contributed by atoms with Gasteiger partial charge in [-0.3, -0.25) is 14.8 Å². The number of hydrogen-bond donors (Lipinski definition) is 1. The molecule has 0 atom stereocenters. The van der Waals surface area contributed by atoms with Gasteiger partial charge in [-0.15, -0.1) is 0 Å². The van der Waals surface area contributed by atoms with E-state index < -0.39 is 26.5 Å². The highest BCUT2D eigenvalue weighted by Crippen LogP contribution is 2.39. The first-order valence-corrected chi connectivity index (χ1v) is 11.7. The molecule has 0 amide bonds. The average molecular weight is 519 g/mol. The third-order valence-electron chi connectivity index (χ3n) is 5.06. The molecule has 190 valence electrons. The predicted octanol–water partition coefficient (Wildman–Crippen LogP) is 4.74. The summed E-state index contributed by atoms with van der Waals surface area (Å²) in [5, 5.41) is 11.1. The van der Waals surface area contributed by atoms with Gasteiger partial charge in [0, 0.05) is 17.7 Å². The predicted molar refractivity (Wildman–Crippen MR) is 132 cm³/mol. The fourth-order valence-electron chi connectivity index (χ4n) is 3.36. The first-order valence-electron chi connectivity index (χ1n) is 10.3. The number of benzene rings is 3. The molecule has 12 heteroatoms. The van der Waals surface area contributed by atoms with Gasteiger partial charge in [-0.2, -0.15) is 0 Å². The van der Waals surface area contributed by atoms with Crippen LogP contribution in [0.4, 0.5) is 15.8 Å². The molecule has 10 nitrogen and oxygen atoms in total. The number of anilines is 1. The van der Waals surface area contributed by atoms with Gasteiger partial charge in [0.25, 0.3) is 15.7 Å². The lowest BCUT2D eigenvalue weighted by Gasteiger charge is -2.15. The molecule has 0 bridgehead atoms. The van der Waals surface area contributed by atoms with Crippen LogP contribution in [0.1, 0.15) is 11.1 Å². The maximum Gasteiger partial charge on any atom is 0.270 e. The zero-order valence-corrected chi connectivity index (χ0v) is 20.6. The molecule has 0 fully saturated rings. The maximum absolute atomic E-state index is 14.5. The number of rotatable bonds is 10. The molecule has 3 aromatic carbocycles. The van der Waals surface area contributed by atoms with Crippen LogP contribution in [-0.4, -0.2) is 41.8 Å². The van der Waals surface area contributed by atoms with Crippen LogP contribution >= 0.6 is 0 Å². The topological polar surface area (TPSA) is 126 Å². The Kier molecular flexibility index (Phi) is 8.00. The SMILES string of the molecule is COc1cc(/C=C\c2ccc(F)c(OC)c2NS(=O)(=O)c2cccc([N+](=O)[O-])c2)cc(OC)c1OC. The molecule has 0 aromatic heterocycles. The van der Waals surface area contributed by atoms with Crippen molar-refractivity contribution in [3.05, 3.63) is 75.6 Å². The number of halogens is 1. The summed E-state index contributed by atoms with van der Waals surface area (Å²) in [6.07, 6.45) is 3.16. The van der Waals surface area contributed by atoms with Gasteiger partial charge in [-0.05, 0) is 35.9 Å². The molecule has 0 saturated carbocycles. The van der Waals surface area contributed by atoms with Crippen molar-refractivity contribution in [1.29, 1.82) is 0 Å². The molecule has 0 aliphatic heterocycles. The normalized spacial score (nSPS) is 11.2. The van der Waals surface area contributed by atoms with Gasteiger partial charge >= 0.3 is 0 Å². The number of hydrogen-bond acceptors (Lipinski definition) is 8. The quantitative estimate of drug-likeness (QED) is 0.232. The lowest BCUT2D eigenvalue weighted by Crippen LogP contribution is -2.15. The molecule has 1 N–H and O–H groups in total. The summed E-state index contributed by atoms with van der Waals surface area (Å²) in [6.45, 7) is 0. The summed E-state index contributed by atoms with van der Waals surface area (Å²) < 4.78 is 64.0. The van der Waals surface area contributed by atoms with Crippen LogP contribution in [0.15, 0.2) is 53.4 Å². The van der Waals surface area contributed by atoms with E-state index in [0.29, 0.717) is 22.8 Å². The van der Waals surface area contributed by atoms with Gasteiger partial charge < -0.3 is 18.9 Å². The summed E-state index contributed by atoms with van der Waals surface area (Å²) in [6, 6.07) is 10.3. The molecule has 0 unspecified atom stereocenters. The highest BCUT2D eigenvalue weighted by atomic mass is 32.2. The van der Waals surface area contributed by atoms with Gasteiger partial charge in [-0.1, -0.05) is 18.2 Å². The Morgan fingerprint density at radius 2 is 1.53 bits per heavy atom. The standard InChI is InChI=1S/C24H23FN2O8S/c1-32-20-12-15(13-21(33-2)24(20)35-4)8-9-16-10-11-19(25)23(34-3)22(16)26-36(30,31)18-7-5-6-17(14-18)27(28)29/h5-14,26H,1-4H3/b9-8-. The summed E-state index contributed by atoms with van der Waals surface area (Å²) in [7, 11) is 1.25. The minimum absolute atomic E-state index is 0.187. The Balaban J connectivity index is 2.08. The Morgan fingerprint density at radius 3 is 2.08 bits per heavy atom. The van der Waals surface area contributed by atoms with E-state index in [0.717, 1.165) is 18.2 Å². The second-order valence-corrected chi connectivity index (χ2v) is 8.88. The zero-order valence-electron chi connectivity index (χ0n) is 19.8. The number of sulfonamides is 1. The Labute approximate surface area is 207 Å². The number of non-ortho nitro benzene ring substituents is 1. The van der Waals surface area contributed by atoms with Gasteiger partial charge in [0.15, 0.2) is 23.1 Å². The molecular weight excluding hydrogens is 495 g/mol. The number of nitrogens with zero attached hydrogens (tertiary/aromatic N) is 1. The molecule has 0 spiro atoms. The molecule has 3 rings (SSSR count). The highest BCUT2D eigenvalue weighted by Gasteiger charge is 2.23. The van der Waals surface area contributed by atoms with Crippen LogP contribution in [-0.2, 0) is 10.0 Å². The van der Waals surface area contributed by atoms with Gasteiger partial charge in [0.2, 0.25) is 5.75 Å². The van der Waals surface area contributed by atoms with E-state index in [9.17, 15) is 22.9 Å². The molecule has 0 radical (unpaired) electrons. The first kappa shape index (κ1) is 26.3. The van der Waals surface area contributed by atoms with Crippen molar-refractivity contribution < 1.29 is 36.7 Å². The Morgan fingerprint density at radius 1 is 0.889 bits per heavy atom. The van der Waals surface area contributed by atoms with Gasteiger partial charge in [0.05, 0.1) is 38.3 Å². The van der Waals surface area contributed by atoms with E-state index >= 15 is 0 Å². The van der Waals surface area contributed by atoms with Crippen LogP contribution in [0, 0.1) is 15.9 Å². The summed E-state index contributed by atoms with van der Waals surface area (Å²) in [5.41, 5.74) is 0.274. The average Bonchev–Trinajstić information content (AvgIpc) is 2.87. The molecule has 36 heavy (non-hydrogen) atoms.